The van der Waals surface area contributed by atoms with E-state index in [-0.39, 0.29) is 31.2 Å². The molecule has 0 fully saturated rings. The van der Waals surface area contributed by atoms with E-state index in [0.717, 1.165) is 17.4 Å². The van der Waals surface area contributed by atoms with Crippen molar-refractivity contribution >= 4 is 21.6 Å². The Balaban J connectivity index is 1.92. The summed E-state index contributed by atoms with van der Waals surface area (Å²) in [4.78, 5) is 12.0. The van der Waals surface area contributed by atoms with Gasteiger partial charge in [0.05, 0.1) is 11.9 Å². The first-order chi connectivity index (χ1) is 12.6. The van der Waals surface area contributed by atoms with Crippen LogP contribution in [0.2, 0.25) is 0 Å². The molecule has 2 aromatic rings. The standard InChI is InChI=1S/C20H25FN2O3S/c1-15-10-16(2)12-19(11-15)23(27(3,25)26)9-5-8-20(24)22-14-17-6-4-7-18(21)13-17/h4,6-7,10-13H,5,8-9,14H2,1-3H3,(H,22,24). The zero-order valence-corrected chi connectivity index (χ0v) is 16.6. The van der Waals surface area contributed by atoms with Gasteiger partial charge in [0.2, 0.25) is 15.9 Å². The van der Waals surface area contributed by atoms with Crippen LogP contribution in [-0.2, 0) is 21.4 Å². The molecule has 7 heteroatoms. The lowest BCUT2D eigenvalue weighted by atomic mass is 10.1. The molecule has 2 rings (SSSR count). The van der Waals surface area contributed by atoms with Gasteiger partial charge in [-0.1, -0.05) is 18.2 Å². The highest BCUT2D eigenvalue weighted by molar-refractivity contribution is 7.92. The van der Waals surface area contributed by atoms with Crippen LogP contribution >= 0.6 is 0 Å². The van der Waals surface area contributed by atoms with Gasteiger partial charge in [-0.25, -0.2) is 12.8 Å². The molecule has 0 saturated carbocycles. The second-order valence-corrected chi connectivity index (χ2v) is 8.60. The summed E-state index contributed by atoms with van der Waals surface area (Å²) in [5.41, 5.74) is 3.24. The second kappa shape index (κ2) is 8.99. The Kier molecular flexibility index (Phi) is 6.96. The summed E-state index contributed by atoms with van der Waals surface area (Å²) < 4.78 is 38.8. The van der Waals surface area contributed by atoms with Crippen molar-refractivity contribution in [2.45, 2.75) is 33.2 Å². The molecule has 0 heterocycles. The number of anilines is 1. The molecular formula is C20H25FN2O3S. The predicted molar refractivity (Wildman–Crippen MR) is 106 cm³/mol. The molecule has 1 amide bonds. The minimum absolute atomic E-state index is 0.187. The Morgan fingerprint density at radius 3 is 2.37 bits per heavy atom. The molecule has 0 aliphatic heterocycles. The van der Waals surface area contributed by atoms with Gasteiger partial charge in [0, 0.05) is 19.5 Å². The molecule has 146 valence electrons. The normalized spacial score (nSPS) is 11.3. The Hall–Kier alpha value is -2.41. The summed E-state index contributed by atoms with van der Waals surface area (Å²) in [6.07, 6.45) is 1.73. The van der Waals surface area contributed by atoms with E-state index in [1.165, 1.54) is 16.4 Å². The Morgan fingerprint density at radius 2 is 1.78 bits per heavy atom. The van der Waals surface area contributed by atoms with Crippen molar-refractivity contribution < 1.29 is 17.6 Å². The number of halogens is 1. The number of nitrogens with zero attached hydrogens (tertiary/aromatic N) is 1. The van der Waals surface area contributed by atoms with Gasteiger partial charge >= 0.3 is 0 Å². The molecule has 0 aliphatic rings. The summed E-state index contributed by atoms with van der Waals surface area (Å²) in [5.74, 6) is -0.549. The van der Waals surface area contributed by atoms with Gasteiger partial charge in [-0.05, 0) is 61.2 Å². The lowest BCUT2D eigenvalue weighted by Gasteiger charge is -2.23. The summed E-state index contributed by atoms with van der Waals surface area (Å²) in [6, 6.07) is 11.6. The first-order valence-electron chi connectivity index (χ1n) is 8.72. The maximum atomic E-state index is 13.1. The van der Waals surface area contributed by atoms with Crippen molar-refractivity contribution in [3.05, 3.63) is 65.0 Å². The fraction of sp³-hybridized carbons (Fsp3) is 0.350. The van der Waals surface area contributed by atoms with Crippen LogP contribution in [0, 0.1) is 19.7 Å². The lowest BCUT2D eigenvalue weighted by molar-refractivity contribution is -0.121. The number of nitrogens with one attached hydrogen (secondary N) is 1. The van der Waals surface area contributed by atoms with E-state index in [2.05, 4.69) is 5.32 Å². The number of sulfonamides is 1. The van der Waals surface area contributed by atoms with Crippen LogP contribution in [0.15, 0.2) is 42.5 Å². The topological polar surface area (TPSA) is 66.5 Å². The Labute approximate surface area is 160 Å². The van der Waals surface area contributed by atoms with Crippen molar-refractivity contribution in [2.24, 2.45) is 0 Å². The average molecular weight is 392 g/mol. The second-order valence-electron chi connectivity index (χ2n) is 6.69. The van der Waals surface area contributed by atoms with Gasteiger partial charge in [-0.15, -0.1) is 0 Å². The van der Waals surface area contributed by atoms with Gasteiger partial charge in [-0.3, -0.25) is 9.10 Å². The van der Waals surface area contributed by atoms with Crippen LogP contribution in [0.3, 0.4) is 0 Å². The highest BCUT2D eigenvalue weighted by atomic mass is 32.2. The molecule has 27 heavy (non-hydrogen) atoms. The van der Waals surface area contributed by atoms with Gasteiger partial charge in [-0.2, -0.15) is 0 Å². The van der Waals surface area contributed by atoms with E-state index in [9.17, 15) is 17.6 Å². The number of carbonyl (C=O) groups is 1. The van der Waals surface area contributed by atoms with Crippen molar-refractivity contribution in [1.29, 1.82) is 0 Å². The van der Waals surface area contributed by atoms with Gasteiger partial charge in [0.1, 0.15) is 5.82 Å². The van der Waals surface area contributed by atoms with Gasteiger partial charge in [0.15, 0.2) is 0 Å². The molecule has 0 spiro atoms. The third kappa shape index (κ3) is 6.67. The number of hydrogen-bond acceptors (Lipinski definition) is 3. The zero-order chi connectivity index (χ0) is 20.0. The van der Waals surface area contributed by atoms with Crippen LogP contribution in [0.4, 0.5) is 10.1 Å². The van der Waals surface area contributed by atoms with Crippen molar-refractivity contribution in [3.8, 4) is 0 Å². The fourth-order valence-corrected chi connectivity index (χ4v) is 3.85. The highest BCUT2D eigenvalue weighted by Crippen LogP contribution is 2.21. The monoisotopic (exact) mass is 392 g/mol. The van der Waals surface area contributed by atoms with Crippen molar-refractivity contribution in [1.82, 2.24) is 5.32 Å². The predicted octanol–water partition coefficient (Wildman–Crippen LogP) is 3.31. The quantitative estimate of drug-likeness (QED) is 0.750. The number of carbonyl (C=O) groups excluding carboxylic acids is 1. The van der Waals surface area contributed by atoms with E-state index < -0.39 is 10.0 Å². The molecule has 2 aromatic carbocycles. The van der Waals surface area contributed by atoms with E-state index in [0.29, 0.717) is 17.7 Å². The SMILES string of the molecule is Cc1cc(C)cc(N(CCCC(=O)NCc2cccc(F)c2)S(C)(=O)=O)c1. The van der Waals surface area contributed by atoms with Crippen LogP contribution < -0.4 is 9.62 Å². The van der Waals surface area contributed by atoms with E-state index >= 15 is 0 Å². The van der Waals surface area contributed by atoms with Crippen LogP contribution in [0.5, 0.6) is 0 Å². The third-order valence-electron chi connectivity index (χ3n) is 4.04. The molecule has 0 aromatic heterocycles. The third-order valence-corrected chi connectivity index (χ3v) is 5.23. The first kappa shape index (κ1) is 20.9. The molecule has 0 radical (unpaired) electrons. The Morgan fingerprint density at radius 1 is 1.11 bits per heavy atom. The smallest absolute Gasteiger partial charge is 0.232 e. The molecule has 0 atom stereocenters. The highest BCUT2D eigenvalue weighted by Gasteiger charge is 2.18. The van der Waals surface area contributed by atoms with E-state index in [1.807, 2.05) is 32.0 Å². The number of aryl methyl sites for hydroxylation is 2. The number of amides is 1. The molecule has 0 aliphatic carbocycles. The minimum Gasteiger partial charge on any atom is -0.352 e. The van der Waals surface area contributed by atoms with Crippen molar-refractivity contribution in [2.75, 3.05) is 17.1 Å². The van der Waals surface area contributed by atoms with Crippen LogP contribution in [0.1, 0.15) is 29.5 Å². The fourth-order valence-electron chi connectivity index (χ4n) is 2.90. The zero-order valence-electron chi connectivity index (χ0n) is 15.8. The van der Waals surface area contributed by atoms with Gasteiger partial charge in [0.25, 0.3) is 0 Å². The minimum atomic E-state index is -3.45. The molecule has 0 bridgehead atoms. The average Bonchev–Trinajstić information content (AvgIpc) is 2.55. The summed E-state index contributed by atoms with van der Waals surface area (Å²) in [5, 5.41) is 2.72. The maximum absolute atomic E-state index is 13.1. The summed E-state index contributed by atoms with van der Waals surface area (Å²) in [6.45, 7) is 4.28. The maximum Gasteiger partial charge on any atom is 0.232 e. The molecular weight excluding hydrogens is 367 g/mol. The van der Waals surface area contributed by atoms with Crippen molar-refractivity contribution in [3.63, 3.8) is 0 Å². The molecule has 1 N–H and O–H groups in total. The molecule has 0 saturated heterocycles. The summed E-state index contributed by atoms with van der Waals surface area (Å²) >= 11 is 0. The van der Waals surface area contributed by atoms with Gasteiger partial charge < -0.3 is 5.32 Å². The molecule has 5 nitrogen and oxygen atoms in total. The first-order valence-corrected chi connectivity index (χ1v) is 10.6. The van der Waals surface area contributed by atoms with E-state index in [1.54, 1.807) is 12.1 Å². The largest absolute Gasteiger partial charge is 0.352 e. The molecule has 0 unspecified atom stereocenters. The Bertz CT molecular complexity index is 893. The van der Waals surface area contributed by atoms with Crippen LogP contribution in [-0.4, -0.2) is 27.1 Å². The van der Waals surface area contributed by atoms with Crippen LogP contribution in [0.25, 0.3) is 0 Å². The van der Waals surface area contributed by atoms with E-state index in [4.69, 9.17) is 0 Å². The number of rotatable bonds is 8. The lowest BCUT2D eigenvalue weighted by Crippen LogP contribution is -2.32. The summed E-state index contributed by atoms with van der Waals surface area (Å²) in [7, 11) is -3.45. The number of hydrogen-bond donors (Lipinski definition) is 1. The number of benzene rings is 2.